The minimum Gasteiger partial charge on any atom is -0.326 e. The van der Waals surface area contributed by atoms with Crippen LogP contribution in [0.1, 0.15) is 22.5 Å². The third-order valence-corrected chi connectivity index (χ3v) is 4.27. The molecule has 0 saturated carbocycles. The lowest BCUT2D eigenvalue weighted by Gasteiger charge is -2.11. The lowest BCUT2D eigenvalue weighted by Crippen LogP contribution is -2.06. The molecule has 0 N–H and O–H groups in total. The van der Waals surface area contributed by atoms with Crippen LogP contribution in [-0.2, 0) is 18.8 Å². The Morgan fingerprint density at radius 2 is 1.76 bits per heavy atom. The van der Waals surface area contributed by atoms with E-state index >= 15 is 0 Å². The molecule has 0 spiro atoms. The third kappa shape index (κ3) is 2.68. The smallest absolute Gasteiger partial charge is 0.124 e. The fraction of sp³-hybridized carbons (Fsp3) is 0.278. The van der Waals surface area contributed by atoms with Gasteiger partial charge in [0.15, 0.2) is 0 Å². The minimum absolute atomic E-state index is 0.446. The second kappa shape index (κ2) is 5.90. The molecule has 0 atom stereocenters. The van der Waals surface area contributed by atoms with Gasteiger partial charge in [0.2, 0.25) is 0 Å². The molecular formula is C18H19ClN2. The van der Waals surface area contributed by atoms with Crippen molar-refractivity contribution in [2.75, 3.05) is 0 Å². The molecule has 0 fully saturated rings. The Morgan fingerprint density at radius 1 is 1.00 bits per heavy atom. The van der Waals surface area contributed by atoms with Crippen LogP contribution in [0, 0.1) is 13.8 Å². The number of rotatable bonds is 4. The molecule has 21 heavy (non-hydrogen) atoms. The van der Waals surface area contributed by atoms with E-state index in [4.69, 9.17) is 11.6 Å². The van der Waals surface area contributed by atoms with Crippen molar-refractivity contribution in [1.29, 1.82) is 0 Å². The predicted molar refractivity (Wildman–Crippen MR) is 88.9 cm³/mol. The van der Waals surface area contributed by atoms with Gasteiger partial charge in [-0.25, -0.2) is 4.98 Å². The lowest BCUT2D eigenvalue weighted by atomic mass is 10.1. The number of fused-ring (bicyclic) bond motifs is 1. The maximum absolute atomic E-state index is 6.09. The van der Waals surface area contributed by atoms with Crippen molar-refractivity contribution in [2.24, 2.45) is 0 Å². The normalized spacial score (nSPS) is 11.2. The Labute approximate surface area is 130 Å². The highest BCUT2D eigenvalue weighted by Gasteiger charge is 2.11. The maximum atomic E-state index is 6.09. The average Bonchev–Trinajstić information content (AvgIpc) is 2.85. The van der Waals surface area contributed by atoms with E-state index < -0.39 is 0 Å². The molecule has 0 radical (unpaired) electrons. The van der Waals surface area contributed by atoms with E-state index in [-0.39, 0.29) is 0 Å². The topological polar surface area (TPSA) is 17.8 Å². The maximum Gasteiger partial charge on any atom is 0.124 e. The fourth-order valence-corrected chi connectivity index (χ4v) is 3.08. The van der Waals surface area contributed by atoms with Crippen LogP contribution in [-0.4, -0.2) is 9.55 Å². The minimum atomic E-state index is 0.446. The van der Waals surface area contributed by atoms with Gasteiger partial charge in [0, 0.05) is 6.54 Å². The Morgan fingerprint density at radius 3 is 2.52 bits per heavy atom. The summed E-state index contributed by atoms with van der Waals surface area (Å²) in [7, 11) is 0. The zero-order chi connectivity index (χ0) is 14.8. The standard InChI is InChI=1S/C18H19ClN2/c1-13-6-3-4-8-15(13)10-11-21-17(12-19)20-16-9-5-7-14(2)18(16)21/h3-9H,10-12H2,1-2H3. The van der Waals surface area contributed by atoms with Crippen molar-refractivity contribution < 1.29 is 0 Å². The predicted octanol–water partition coefficient (Wildman–Crippen LogP) is 4.63. The zero-order valence-electron chi connectivity index (χ0n) is 12.4. The molecule has 0 aliphatic heterocycles. The average molecular weight is 299 g/mol. The third-order valence-electron chi connectivity index (χ3n) is 4.03. The van der Waals surface area contributed by atoms with Gasteiger partial charge in [-0.2, -0.15) is 0 Å². The molecule has 0 aliphatic rings. The first kappa shape index (κ1) is 14.2. The molecule has 0 aliphatic carbocycles. The number of alkyl halides is 1. The largest absolute Gasteiger partial charge is 0.326 e. The van der Waals surface area contributed by atoms with Crippen LogP contribution in [0.2, 0.25) is 0 Å². The number of halogens is 1. The number of aryl methyl sites for hydroxylation is 4. The molecule has 0 bridgehead atoms. The van der Waals surface area contributed by atoms with E-state index in [1.807, 2.05) is 6.07 Å². The Kier molecular flexibility index (Phi) is 3.98. The van der Waals surface area contributed by atoms with Crippen LogP contribution in [0.15, 0.2) is 42.5 Å². The van der Waals surface area contributed by atoms with Crippen LogP contribution < -0.4 is 0 Å². The molecule has 108 valence electrons. The molecule has 0 unspecified atom stereocenters. The summed E-state index contributed by atoms with van der Waals surface area (Å²) in [5.41, 5.74) is 6.22. The highest BCUT2D eigenvalue weighted by atomic mass is 35.5. The van der Waals surface area contributed by atoms with Crippen molar-refractivity contribution in [2.45, 2.75) is 32.7 Å². The summed E-state index contributed by atoms with van der Waals surface area (Å²) in [5, 5.41) is 0. The molecule has 0 saturated heterocycles. The first-order chi connectivity index (χ1) is 10.2. The van der Waals surface area contributed by atoms with Crippen molar-refractivity contribution in [3.63, 3.8) is 0 Å². The van der Waals surface area contributed by atoms with Gasteiger partial charge in [0.05, 0.1) is 16.9 Å². The number of para-hydroxylation sites is 1. The molecule has 0 amide bonds. The summed E-state index contributed by atoms with van der Waals surface area (Å²) in [6.07, 6.45) is 0.996. The molecule has 3 heteroatoms. The van der Waals surface area contributed by atoms with E-state index in [1.165, 1.54) is 22.2 Å². The monoisotopic (exact) mass is 298 g/mol. The van der Waals surface area contributed by atoms with Crippen molar-refractivity contribution in [3.05, 3.63) is 65.0 Å². The number of nitrogens with zero attached hydrogens (tertiary/aromatic N) is 2. The highest BCUT2D eigenvalue weighted by molar-refractivity contribution is 6.16. The quantitative estimate of drug-likeness (QED) is 0.642. The molecule has 1 heterocycles. The zero-order valence-corrected chi connectivity index (χ0v) is 13.2. The number of hydrogen-bond acceptors (Lipinski definition) is 1. The lowest BCUT2D eigenvalue weighted by molar-refractivity contribution is 0.685. The molecule has 2 nitrogen and oxygen atoms in total. The van der Waals surface area contributed by atoms with E-state index in [0.29, 0.717) is 5.88 Å². The van der Waals surface area contributed by atoms with Crippen molar-refractivity contribution >= 4 is 22.6 Å². The van der Waals surface area contributed by atoms with Gasteiger partial charge < -0.3 is 4.57 Å². The van der Waals surface area contributed by atoms with Crippen LogP contribution in [0.25, 0.3) is 11.0 Å². The molecular weight excluding hydrogens is 280 g/mol. The number of hydrogen-bond donors (Lipinski definition) is 0. The first-order valence-corrected chi connectivity index (χ1v) is 7.79. The Hall–Kier alpha value is -1.80. The van der Waals surface area contributed by atoms with E-state index in [0.717, 1.165) is 24.3 Å². The summed E-state index contributed by atoms with van der Waals surface area (Å²) < 4.78 is 2.27. The van der Waals surface area contributed by atoms with Gasteiger partial charge in [-0.3, -0.25) is 0 Å². The van der Waals surface area contributed by atoms with Gasteiger partial charge in [-0.1, -0.05) is 36.4 Å². The fourth-order valence-electron chi connectivity index (χ4n) is 2.88. The van der Waals surface area contributed by atoms with Gasteiger partial charge in [0.25, 0.3) is 0 Å². The molecule has 2 aromatic carbocycles. The van der Waals surface area contributed by atoms with Gasteiger partial charge in [-0.05, 0) is 43.0 Å². The second-order valence-electron chi connectivity index (χ2n) is 5.43. The Bertz CT molecular complexity index is 774. The molecule has 3 aromatic rings. The van der Waals surface area contributed by atoms with Gasteiger partial charge in [-0.15, -0.1) is 11.6 Å². The summed E-state index contributed by atoms with van der Waals surface area (Å²) in [4.78, 5) is 4.66. The van der Waals surface area contributed by atoms with Crippen LogP contribution in [0.3, 0.4) is 0 Å². The summed E-state index contributed by atoms with van der Waals surface area (Å²) in [5.74, 6) is 1.40. The van der Waals surface area contributed by atoms with E-state index in [1.54, 1.807) is 0 Å². The van der Waals surface area contributed by atoms with Crippen molar-refractivity contribution in [3.8, 4) is 0 Å². The number of imidazole rings is 1. The van der Waals surface area contributed by atoms with Crippen molar-refractivity contribution in [1.82, 2.24) is 9.55 Å². The van der Waals surface area contributed by atoms with Crippen LogP contribution >= 0.6 is 11.6 Å². The molecule has 1 aromatic heterocycles. The Balaban J connectivity index is 1.98. The van der Waals surface area contributed by atoms with Gasteiger partial charge in [0.1, 0.15) is 5.82 Å². The van der Waals surface area contributed by atoms with E-state index in [9.17, 15) is 0 Å². The molecule has 3 rings (SSSR count). The summed E-state index contributed by atoms with van der Waals surface area (Å²) in [6, 6.07) is 14.8. The number of benzene rings is 2. The van der Waals surface area contributed by atoms with Crippen LogP contribution in [0.5, 0.6) is 0 Å². The van der Waals surface area contributed by atoms with E-state index in [2.05, 4.69) is 59.8 Å². The van der Waals surface area contributed by atoms with Crippen LogP contribution in [0.4, 0.5) is 0 Å². The van der Waals surface area contributed by atoms with Gasteiger partial charge >= 0.3 is 0 Å². The first-order valence-electron chi connectivity index (χ1n) is 7.26. The highest BCUT2D eigenvalue weighted by Crippen LogP contribution is 2.22. The SMILES string of the molecule is Cc1ccccc1CCn1c(CCl)nc2cccc(C)c21. The number of aromatic nitrogens is 2. The summed E-state index contributed by atoms with van der Waals surface area (Å²) >= 11 is 6.09. The summed E-state index contributed by atoms with van der Waals surface area (Å²) in [6.45, 7) is 5.20. The second-order valence-corrected chi connectivity index (χ2v) is 5.70.